The van der Waals surface area contributed by atoms with E-state index in [-0.39, 0.29) is 11.3 Å². The molecule has 0 radical (unpaired) electrons. The summed E-state index contributed by atoms with van der Waals surface area (Å²) in [6, 6.07) is 15.8. The number of fused-ring (bicyclic) bond motifs is 1. The van der Waals surface area contributed by atoms with Crippen molar-refractivity contribution in [2.24, 2.45) is 0 Å². The Bertz CT molecular complexity index is 869. The van der Waals surface area contributed by atoms with E-state index in [0.29, 0.717) is 5.19 Å². The highest BCUT2D eigenvalue weighted by atomic mass is 32.1. The topological polar surface area (TPSA) is 51.2 Å². The zero-order chi connectivity index (χ0) is 15.9. The van der Waals surface area contributed by atoms with Gasteiger partial charge in [0.25, 0.3) is 5.19 Å². The summed E-state index contributed by atoms with van der Waals surface area (Å²) in [7, 11) is 1.61. The van der Waals surface area contributed by atoms with Crippen LogP contribution >= 0.6 is 11.3 Å². The van der Waals surface area contributed by atoms with Crippen molar-refractivity contribution in [3.05, 3.63) is 54.1 Å². The number of ether oxygens (including phenoxy) is 1. The van der Waals surface area contributed by atoms with Crippen molar-refractivity contribution in [2.75, 3.05) is 12.4 Å². The maximum atomic E-state index is 12.7. The van der Waals surface area contributed by atoms with Gasteiger partial charge in [0.05, 0.1) is 22.7 Å². The Morgan fingerprint density at radius 1 is 1.22 bits per heavy atom. The van der Waals surface area contributed by atoms with E-state index in [1.807, 2.05) is 48.5 Å². The van der Waals surface area contributed by atoms with Gasteiger partial charge in [0, 0.05) is 5.69 Å². The molecule has 0 aliphatic heterocycles. The van der Waals surface area contributed by atoms with Gasteiger partial charge in [-0.3, -0.25) is 4.79 Å². The van der Waals surface area contributed by atoms with Crippen LogP contribution < -0.4 is 10.1 Å². The molecule has 1 aliphatic rings. The van der Waals surface area contributed by atoms with E-state index in [1.165, 1.54) is 11.3 Å². The summed E-state index contributed by atoms with van der Waals surface area (Å²) in [4.78, 5) is 17.1. The predicted octanol–water partition coefficient (Wildman–Crippen LogP) is 3.98. The summed E-state index contributed by atoms with van der Waals surface area (Å²) in [5, 5.41) is 3.69. The second-order valence-corrected chi connectivity index (χ2v) is 6.76. The summed E-state index contributed by atoms with van der Waals surface area (Å²) >= 11 is 1.47. The highest BCUT2D eigenvalue weighted by molar-refractivity contribution is 7.20. The molecule has 1 aromatic heterocycles. The summed E-state index contributed by atoms with van der Waals surface area (Å²) < 4.78 is 6.17. The van der Waals surface area contributed by atoms with Crippen molar-refractivity contribution in [2.45, 2.75) is 18.3 Å². The lowest BCUT2D eigenvalue weighted by Crippen LogP contribution is -2.27. The minimum absolute atomic E-state index is 0.0690. The molecule has 1 aliphatic carbocycles. The number of benzene rings is 2. The fraction of sp³-hybridized carbons (Fsp3) is 0.222. The Morgan fingerprint density at radius 3 is 2.70 bits per heavy atom. The molecule has 1 saturated carbocycles. The highest BCUT2D eigenvalue weighted by Crippen LogP contribution is 2.49. The zero-order valence-corrected chi connectivity index (χ0v) is 13.5. The standard InChI is InChI=1S/C18H16N2O2S/c1-22-17-20-14-8-7-13(11-15(14)23-17)19-16(21)18(9-10-18)12-5-3-2-4-6-12/h2-8,11H,9-10H2,1H3,(H,19,21). The number of rotatable bonds is 4. The molecule has 0 saturated heterocycles. The van der Waals surface area contributed by atoms with Crippen molar-refractivity contribution in [1.29, 1.82) is 0 Å². The second kappa shape index (κ2) is 5.35. The minimum Gasteiger partial charge on any atom is -0.473 e. The zero-order valence-electron chi connectivity index (χ0n) is 12.7. The van der Waals surface area contributed by atoms with Crippen LogP contribution in [0.3, 0.4) is 0 Å². The smallest absolute Gasteiger partial charge is 0.274 e. The van der Waals surface area contributed by atoms with Crippen molar-refractivity contribution in [1.82, 2.24) is 4.98 Å². The lowest BCUT2D eigenvalue weighted by atomic mass is 9.95. The fourth-order valence-corrected chi connectivity index (χ4v) is 3.67. The van der Waals surface area contributed by atoms with E-state index in [4.69, 9.17) is 4.74 Å². The molecular formula is C18H16N2O2S. The predicted molar refractivity (Wildman–Crippen MR) is 92.2 cm³/mol. The Kier molecular flexibility index (Phi) is 3.31. The molecule has 0 unspecified atom stereocenters. The first-order valence-corrected chi connectivity index (χ1v) is 8.34. The summed E-state index contributed by atoms with van der Waals surface area (Å²) in [5.74, 6) is 0.0690. The molecule has 1 N–H and O–H groups in total. The fourth-order valence-electron chi connectivity index (χ4n) is 2.85. The quantitative estimate of drug-likeness (QED) is 0.790. The van der Waals surface area contributed by atoms with Gasteiger partial charge in [-0.2, -0.15) is 0 Å². The molecule has 3 aromatic rings. The van der Waals surface area contributed by atoms with Crippen LogP contribution in [0.2, 0.25) is 0 Å². The van der Waals surface area contributed by atoms with Gasteiger partial charge in [0.15, 0.2) is 0 Å². The van der Waals surface area contributed by atoms with Crippen LogP contribution in [-0.2, 0) is 10.2 Å². The molecule has 0 spiro atoms. The molecule has 2 aromatic carbocycles. The minimum atomic E-state index is -0.360. The largest absolute Gasteiger partial charge is 0.473 e. The maximum Gasteiger partial charge on any atom is 0.274 e. The molecule has 1 heterocycles. The molecule has 0 atom stereocenters. The van der Waals surface area contributed by atoms with Crippen molar-refractivity contribution >= 4 is 33.1 Å². The van der Waals surface area contributed by atoms with Crippen molar-refractivity contribution in [3.63, 3.8) is 0 Å². The summed E-state index contributed by atoms with van der Waals surface area (Å²) in [6.45, 7) is 0. The molecule has 0 bridgehead atoms. The number of carbonyl (C=O) groups is 1. The Morgan fingerprint density at radius 2 is 2.00 bits per heavy atom. The first-order chi connectivity index (χ1) is 11.2. The van der Waals surface area contributed by atoms with Crippen LogP contribution in [0, 0.1) is 0 Å². The third-order valence-electron chi connectivity index (χ3n) is 4.31. The molecule has 1 amide bonds. The average molecular weight is 324 g/mol. The molecule has 23 heavy (non-hydrogen) atoms. The third kappa shape index (κ3) is 2.47. The van der Waals surface area contributed by atoms with Crippen molar-refractivity contribution < 1.29 is 9.53 Å². The number of hydrogen-bond acceptors (Lipinski definition) is 4. The lowest BCUT2D eigenvalue weighted by molar-refractivity contribution is -0.118. The van der Waals surface area contributed by atoms with Gasteiger partial charge in [-0.15, -0.1) is 0 Å². The van der Waals surface area contributed by atoms with E-state index >= 15 is 0 Å². The van der Waals surface area contributed by atoms with Crippen LogP contribution in [0.25, 0.3) is 10.2 Å². The van der Waals surface area contributed by atoms with Crippen molar-refractivity contribution in [3.8, 4) is 5.19 Å². The Labute approximate surface area is 138 Å². The van der Waals surface area contributed by atoms with Gasteiger partial charge in [0.1, 0.15) is 0 Å². The van der Waals surface area contributed by atoms with Crippen LogP contribution in [-0.4, -0.2) is 18.0 Å². The number of hydrogen-bond donors (Lipinski definition) is 1. The van der Waals surface area contributed by atoms with E-state index in [9.17, 15) is 4.79 Å². The molecule has 4 nitrogen and oxygen atoms in total. The Balaban J connectivity index is 1.59. The van der Waals surface area contributed by atoms with Gasteiger partial charge >= 0.3 is 0 Å². The molecule has 5 heteroatoms. The first-order valence-electron chi connectivity index (χ1n) is 7.53. The van der Waals surface area contributed by atoms with Crippen LogP contribution in [0.1, 0.15) is 18.4 Å². The number of nitrogens with one attached hydrogen (secondary N) is 1. The van der Waals surface area contributed by atoms with E-state index < -0.39 is 0 Å². The number of carbonyl (C=O) groups excluding carboxylic acids is 1. The van der Waals surface area contributed by atoms with E-state index in [2.05, 4.69) is 10.3 Å². The normalized spacial score (nSPS) is 15.3. The number of methoxy groups -OCH3 is 1. The summed E-state index contributed by atoms with van der Waals surface area (Å²) in [6.07, 6.45) is 1.80. The Hall–Kier alpha value is -2.40. The molecule has 116 valence electrons. The monoisotopic (exact) mass is 324 g/mol. The van der Waals surface area contributed by atoms with Gasteiger partial charge in [-0.1, -0.05) is 41.7 Å². The average Bonchev–Trinajstić information content (AvgIpc) is 3.30. The van der Waals surface area contributed by atoms with Crippen LogP contribution in [0.15, 0.2) is 48.5 Å². The SMILES string of the molecule is COc1nc2ccc(NC(=O)C3(c4ccccc4)CC3)cc2s1. The maximum absolute atomic E-state index is 12.7. The lowest BCUT2D eigenvalue weighted by Gasteiger charge is -2.15. The van der Waals surface area contributed by atoms with E-state index in [0.717, 1.165) is 34.3 Å². The van der Waals surface area contributed by atoms with Crippen LogP contribution in [0.5, 0.6) is 5.19 Å². The van der Waals surface area contributed by atoms with E-state index in [1.54, 1.807) is 7.11 Å². The van der Waals surface area contributed by atoms with Gasteiger partial charge in [-0.25, -0.2) is 4.98 Å². The number of thiazole rings is 1. The van der Waals surface area contributed by atoms with Gasteiger partial charge in [0.2, 0.25) is 5.91 Å². The second-order valence-electron chi connectivity index (χ2n) is 5.77. The third-order valence-corrected chi connectivity index (χ3v) is 5.29. The number of nitrogens with zero attached hydrogens (tertiary/aromatic N) is 1. The van der Waals surface area contributed by atoms with Gasteiger partial charge in [-0.05, 0) is 36.6 Å². The molecule has 1 fully saturated rings. The first kappa shape index (κ1) is 14.2. The molecular weight excluding hydrogens is 308 g/mol. The number of anilines is 1. The molecule has 4 rings (SSSR count). The number of amides is 1. The van der Waals surface area contributed by atoms with Gasteiger partial charge < -0.3 is 10.1 Å². The summed E-state index contributed by atoms with van der Waals surface area (Å²) in [5.41, 5.74) is 2.42. The highest BCUT2D eigenvalue weighted by Gasteiger charge is 2.51. The van der Waals surface area contributed by atoms with Crippen LogP contribution in [0.4, 0.5) is 5.69 Å². The number of aromatic nitrogens is 1.